The number of carbonyl (C=O) groups is 1. The first-order valence-corrected chi connectivity index (χ1v) is 9.38. The molecule has 0 amide bonds. The molecule has 1 aliphatic heterocycles. The van der Waals surface area contributed by atoms with Crippen molar-refractivity contribution in [3.63, 3.8) is 0 Å². The van der Waals surface area contributed by atoms with E-state index in [0.29, 0.717) is 16.9 Å². The number of benzene rings is 1. The molecule has 0 atom stereocenters. The quantitative estimate of drug-likeness (QED) is 0.904. The molecule has 8 heteroatoms. The molecule has 5 nitrogen and oxygen atoms in total. The van der Waals surface area contributed by atoms with Gasteiger partial charge in [0.15, 0.2) is 10.7 Å². The highest BCUT2D eigenvalue weighted by atomic mass is 32.2. The Morgan fingerprint density at radius 2 is 1.79 bits per heavy atom. The number of hydrogen-bond donors (Lipinski definition) is 1. The molecular formula is C16H14FNO4S2. The van der Waals surface area contributed by atoms with Crippen LogP contribution in [0.25, 0.3) is 11.3 Å². The lowest BCUT2D eigenvalue weighted by Crippen LogP contribution is -2.29. The molecule has 1 aromatic carbocycles. The van der Waals surface area contributed by atoms with Crippen LogP contribution in [0, 0.1) is 5.13 Å². The Morgan fingerprint density at radius 1 is 1.17 bits per heavy atom. The van der Waals surface area contributed by atoms with Crippen LogP contribution in [0.3, 0.4) is 0 Å². The van der Waals surface area contributed by atoms with Crippen LogP contribution in [-0.2, 0) is 19.6 Å². The maximum absolute atomic E-state index is 13.4. The number of rotatable bonds is 3. The van der Waals surface area contributed by atoms with E-state index in [1.165, 1.54) is 30.3 Å². The zero-order valence-corrected chi connectivity index (χ0v) is 14.5. The summed E-state index contributed by atoms with van der Waals surface area (Å²) in [6, 6.07) is 6.96. The first kappa shape index (κ1) is 16.8. The Morgan fingerprint density at radius 3 is 2.29 bits per heavy atom. The summed E-state index contributed by atoms with van der Waals surface area (Å²) >= 11 is 0.892. The highest BCUT2D eigenvalue weighted by molar-refractivity contribution is 7.89. The van der Waals surface area contributed by atoms with Crippen molar-refractivity contribution in [3.8, 4) is 0 Å². The SMILES string of the molecule is CC1(C)OC(c2ccc(S(N)(=O)=O)cc2)=C(c2csc(F)c2)C1=O. The highest BCUT2D eigenvalue weighted by Crippen LogP contribution is 2.42. The fraction of sp³-hybridized carbons (Fsp3) is 0.188. The van der Waals surface area contributed by atoms with Crippen molar-refractivity contribution in [1.82, 2.24) is 0 Å². The van der Waals surface area contributed by atoms with Gasteiger partial charge < -0.3 is 4.74 Å². The van der Waals surface area contributed by atoms with E-state index in [1.54, 1.807) is 19.2 Å². The van der Waals surface area contributed by atoms with Gasteiger partial charge in [-0.3, -0.25) is 4.79 Å². The van der Waals surface area contributed by atoms with Crippen molar-refractivity contribution >= 4 is 38.5 Å². The molecule has 24 heavy (non-hydrogen) atoms. The summed E-state index contributed by atoms with van der Waals surface area (Å²) < 4.78 is 41.9. The van der Waals surface area contributed by atoms with Crippen LogP contribution in [0.5, 0.6) is 0 Å². The lowest BCUT2D eigenvalue weighted by atomic mass is 9.94. The van der Waals surface area contributed by atoms with Gasteiger partial charge >= 0.3 is 0 Å². The van der Waals surface area contributed by atoms with Gasteiger partial charge in [-0.15, -0.1) is 11.3 Å². The second-order valence-corrected chi connectivity index (χ2v) is 8.28. The number of carbonyl (C=O) groups excluding carboxylic acids is 1. The van der Waals surface area contributed by atoms with Crippen LogP contribution >= 0.6 is 11.3 Å². The lowest BCUT2D eigenvalue weighted by Gasteiger charge is -2.17. The number of Topliss-reactive ketones (excluding diaryl/α,β-unsaturated/α-hetero) is 1. The molecule has 1 aromatic heterocycles. The number of sulfonamides is 1. The average Bonchev–Trinajstić information content (AvgIpc) is 3.00. The molecule has 126 valence electrons. The minimum atomic E-state index is -3.81. The molecule has 0 spiro atoms. The Bertz CT molecular complexity index is 956. The molecular weight excluding hydrogens is 353 g/mol. The van der Waals surface area contributed by atoms with Gasteiger partial charge in [-0.2, -0.15) is 4.39 Å². The highest BCUT2D eigenvalue weighted by Gasteiger charge is 2.43. The van der Waals surface area contributed by atoms with Crippen LogP contribution < -0.4 is 5.14 Å². The first-order chi connectivity index (χ1) is 11.1. The van der Waals surface area contributed by atoms with Crippen molar-refractivity contribution in [2.75, 3.05) is 0 Å². The molecule has 0 saturated carbocycles. The van der Waals surface area contributed by atoms with Crippen LogP contribution in [0.1, 0.15) is 25.0 Å². The van der Waals surface area contributed by atoms with Crippen molar-refractivity contribution in [2.24, 2.45) is 5.14 Å². The molecule has 0 bridgehead atoms. The summed E-state index contributed by atoms with van der Waals surface area (Å²) in [4.78, 5) is 12.6. The zero-order valence-electron chi connectivity index (χ0n) is 12.9. The number of halogens is 1. The largest absolute Gasteiger partial charge is 0.478 e. The van der Waals surface area contributed by atoms with E-state index in [9.17, 15) is 17.6 Å². The van der Waals surface area contributed by atoms with Crippen LogP contribution in [0.2, 0.25) is 0 Å². The first-order valence-electron chi connectivity index (χ1n) is 6.95. The van der Waals surface area contributed by atoms with Crippen molar-refractivity contribution in [3.05, 3.63) is 52.0 Å². The molecule has 2 heterocycles. The Labute approximate surface area is 142 Å². The normalized spacial score (nSPS) is 17.2. The Kier molecular flexibility index (Phi) is 3.86. The summed E-state index contributed by atoms with van der Waals surface area (Å²) in [6.07, 6.45) is 0. The molecule has 0 fully saturated rings. The molecule has 3 rings (SSSR count). The Balaban J connectivity index is 2.15. The molecule has 0 saturated heterocycles. The van der Waals surface area contributed by atoms with E-state index in [1.807, 2.05) is 0 Å². The van der Waals surface area contributed by atoms with E-state index < -0.39 is 20.8 Å². The van der Waals surface area contributed by atoms with Gasteiger partial charge in [0, 0.05) is 16.5 Å². The second kappa shape index (κ2) is 5.51. The molecule has 2 N–H and O–H groups in total. The molecule has 0 aliphatic carbocycles. The Hall–Kier alpha value is -2.03. The van der Waals surface area contributed by atoms with Gasteiger partial charge in [0.1, 0.15) is 5.76 Å². The third kappa shape index (κ3) is 2.88. The van der Waals surface area contributed by atoms with Crippen molar-refractivity contribution in [2.45, 2.75) is 24.3 Å². The number of hydrogen-bond acceptors (Lipinski definition) is 5. The smallest absolute Gasteiger partial charge is 0.238 e. The zero-order chi connectivity index (χ0) is 17.7. The topological polar surface area (TPSA) is 86.5 Å². The van der Waals surface area contributed by atoms with Gasteiger partial charge in [0.2, 0.25) is 15.8 Å². The minimum Gasteiger partial charge on any atom is -0.478 e. The maximum atomic E-state index is 13.4. The molecule has 0 unspecified atom stereocenters. The standard InChI is InChI=1S/C16H14FNO4S2/c1-16(2)15(19)13(10-7-12(17)23-8-10)14(22-16)9-3-5-11(6-4-9)24(18,20)21/h3-8H,1-2H3,(H2,18,20,21). The second-order valence-electron chi connectivity index (χ2n) is 5.85. The third-order valence-corrected chi connectivity index (χ3v) is 5.30. The third-order valence-electron chi connectivity index (χ3n) is 3.66. The fourth-order valence-electron chi connectivity index (χ4n) is 2.46. The van der Waals surface area contributed by atoms with Crippen molar-refractivity contribution < 1.29 is 22.3 Å². The molecule has 1 aliphatic rings. The summed E-state index contributed by atoms with van der Waals surface area (Å²) in [7, 11) is -3.81. The van der Waals surface area contributed by atoms with Gasteiger partial charge in [-0.1, -0.05) is 0 Å². The van der Waals surface area contributed by atoms with Crippen LogP contribution in [-0.4, -0.2) is 19.8 Å². The van der Waals surface area contributed by atoms with E-state index in [4.69, 9.17) is 9.88 Å². The van der Waals surface area contributed by atoms with Crippen molar-refractivity contribution in [1.29, 1.82) is 0 Å². The van der Waals surface area contributed by atoms with Gasteiger partial charge in [0.25, 0.3) is 0 Å². The number of primary sulfonamides is 1. The summed E-state index contributed by atoms with van der Waals surface area (Å²) in [5, 5.41) is 6.22. The van der Waals surface area contributed by atoms with E-state index in [2.05, 4.69) is 0 Å². The number of ether oxygens (including phenoxy) is 1. The predicted molar refractivity (Wildman–Crippen MR) is 89.1 cm³/mol. The molecule has 0 radical (unpaired) electrons. The number of ketones is 1. The van der Waals surface area contributed by atoms with Gasteiger partial charge in [-0.25, -0.2) is 13.6 Å². The van der Waals surface area contributed by atoms with Gasteiger partial charge in [-0.05, 0) is 44.2 Å². The maximum Gasteiger partial charge on any atom is 0.238 e. The van der Waals surface area contributed by atoms with Crippen LogP contribution in [0.15, 0.2) is 40.6 Å². The van der Waals surface area contributed by atoms with Gasteiger partial charge in [0.05, 0.1) is 10.5 Å². The minimum absolute atomic E-state index is 0.0430. The van der Waals surface area contributed by atoms with E-state index >= 15 is 0 Å². The molecule has 2 aromatic rings. The van der Waals surface area contributed by atoms with E-state index in [-0.39, 0.29) is 16.3 Å². The predicted octanol–water partition coefficient (Wildman–Crippen LogP) is 2.78. The fourth-order valence-corrected chi connectivity index (χ4v) is 3.60. The lowest BCUT2D eigenvalue weighted by molar-refractivity contribution is -0.125. The van der Waals surface area contributed by atoms with Crippen LogP contribution in [0.4, 0.5) is 4.39 Å². The number of nitrogens with two attached hydrogens (primary N) is 1. The number of thiophene rings is 1. The van der Waals surface area contributed by atoms with E-state index in [0.717, 1.165) is 11.3 Å². The average molecular weight is 367 g/mol. The summed E-state index contributed by atoms with van der Waals surface area (Å²) in [6.45, 7) is 3.26. The summed E-state index contributed by atoms with van der Waals surface area (Å²) in [5.74, 6) is 0.0367. The summed E-state index contributed by atoms with van der Waals surface area (Å²) in [5.41, 5.74) is 0.159. The monoisotopic (exact) mass is 367 g/mol.